The first-order valence-electron chi connectivity index (χ1n) is 8.43. The van der Waals surface area contributed by atoms with Gasteiger partial charge in [-0.25, -0.2) is 9.37 Å². The molecular weight excluding hydrogens is 349 g/mol. The topological polar surface area (TPSA) is 102 Å². The molecule has 8 heteroatoms. The van der Waals surface area contributed by atoms with E-state index in [0.29, 0.717) is 53.3 Å². The molecule has 3 N–H and O–H groups in total. The van der Waals surface area contributed by atoms with E-state index in [1.54, 1.807) is 31.5 Å². The summed E-state index contributed by atoms with van der Waals surface area (Å²) < 4.78 is 18.6. The molecule has 0 aliphatic carbocycles. The molecule has 1 aliphatic heterocycles. The van der Waals surface area contributed by atoms with Crippen molar-refractivity contribution >= 4 is 17.3 Å². The summed E-state index contributed by atoms with van der Waals surface area (Å²) in [6, 6.07) is 4.92. The van der Waals surface area contributed by atoms with E-state index in [2.05, 4.69) is 20.3 Å². The number of rotatable bonds is 4. The van der Waals surface area contributed by atoms with Crippen LogP contribution in [0.5, 0.6) is 5.88 Å². The monoisotopic (exact) mass is 369 g/mol. The number of methoxy groups -OCH3 is 1. The third kappa shape index (κ3) is 4.28. The lowest BCUT2D eigenvalue weighted by molar-refractivity contribution is -0.117. The van der Waals surface area contributed by atoms with E-state index < -0.39 is 5.82 Å². The van der Waals surface area contributed by atoms with Crippen molar-refractivity contribution in [1.82, 2.24) is 15.3 Å². The third-order valence-corrected chi connectivity index (χ3v) is 4.06. The molecule has 0 radical (unpaired) electrons. The van der Waals surface area contributed by atoms with Crippen LogP contribution >= 0.6 is 0 Å². The minimum absolute atomic E-state index is 0.0427. The van der Waals surface area contributed by atoms with Crippen LogP contribution in [0.4, 0.5) is 10.1 Å². The molecular formula is C19H20FN5O2. The molecule has 0 spiro atoms. The van der Waals surface area contributed by atoms with Gasteiger partial charge < -0.3 is 15.8 Å². The minimum atomic E-state index is -0.521. The number of aromatic nitrogens is 2. The largest absolute Gasteiger partial charge is 0.479 e. The normalized spacial score (nSPS) is 17.6. The number of nitrogens with zero attached hydrogens (tertiary/aromatic N) is 3. The van der Waals surface area contributed by atoms with E-state index in [9.17, 15) is 9.18 Å². The third-order valence-electron chi connectivity index (χ3n) is 4.06. The molecule has 1 amide bonds. The first-order valence-corrected chi connectivity index (χ1v) is 8.43. The highest BCUT2D eigenvalue weighted by Crippen LogP contribution is 2.21. The summed E-state index contributed by atoms with van der Waals surface area (Å²) in [4.78, 5) is 24.9. The van der Waals surface area contributed by atoms with Gasteiger partial charge in [-0.15, -0.1) is 0 Å². The molecule has 3 heterocycles. The fourth-order valence-corrected chi connectivity index (χ4v) is 2.87. The summed E-state index contributed by atoms with van der Waals surface area (Å²) in [7, 11) is 1.37. The van der Waals surface area contributed by atoms with Crippen LogP contribution in [-0.2, 0) is 11.2 Å². The van der Waals surface area contributed by atoms with Crippen molar-refractivity contribution in [1.29, 1.82) is 0 Å². The number of amides is 1. The van der Waals surface area contributed by atoms with Crippen LogP contribution in [0.2, 0.25) is 0 Å². The van der Waals surface area contributed by atoms with Gasteiger partial charge in [-0.2, -0.15) is 0 Å². The molecule has 0 saturated carbocycles. The lowest BCUT2D eigenvalue weighted by atomic mass is 10.0. The number of nitrogens with two attached hydrogens (primary N) is 1. The minimum Gasteiger partial charge on any atom is -0.479 e. The van der Waals surface area contributed by atoms with Gasteiger partial charge in [0.2, 0.25) is 5.88 Å². The van der Waals surface area contributed by atoms with Crippen molar-refractivity contribution < 1.29 is 13.9 Å². The Morgan fingerprint density at radius 1 is 1.41 bits per heavy atom. The van der Waals surface area contributed by atoms with Gasteiger partial charge in [0.05, 0.1) is 24.1 Å². The number of carbonyl (C=O) groups is 1. The van der Waals surface area contributed by atoms with Crippen molar-refractivity contribution in [3.8, 4) is 5.88 Å². The number of allylic oxidation sites excluding steroid dienone is 1. The molecule has 27 heavy (non-hydrogen) atoms. The summed E-state index contributed by atoms with van der Waals surface area (Å²) >= 11 is 0. The second kappa shape index (κ2) is 7.94. The highest BCUT2D eigenvalue weighted by atomic mass is 19.1. The zero-order valence-corrected chi connectivity index (χ0v) is 15.1. The van der Waals surface area contributed by atoms with Crippen LogP contribution in [0, 0.1) is 5.82 Å². The van der Waals surface area contributed by atoms with Crippen LogP contribution in [0.25, 0.3) is 0 Å². The fourth-order valence-electron chi connectivity index (χ4n) is 2.87. The highest BCUT2D eigenvalue weighted by Gasteiger charge is 2.22. The Kier molecular flexibility index (Phi) is 5.44. The summed E-state index contributed by atoms with van der Waals surface area (Å²) in [6.07, 6.45) is 4.17. The van der Waals surface area contributed by atoms with E-state index in [-0.39, 0.29) is 11.8 Å². The van der Waals surface area contributed by atoms with Crippen LogP contribution in [-0.4, -0.2) is 35.2 Å². The number of aliphatic imine (C=N–C) groups is 1. The predicted molar refractivity (Wildman–Crippen MR) is 99.4 cm³/mol. The first-order chi connectivity index (χ1) is 13.0. The summed E-state index contributed by atoms with van der Waals surface area (Å²) in [5, 5.41) is 2.77. The van der Waals surface area contributed by atoms with Crippen molar-refractivity contribution in [2.45, 2.75) is 19.8 Å². The molecule has 3 rings (SSSR count). The Balaban J connectivity index is 1.86. The summed E-state index contributed by atoms with van der Waals surface area (Å²) in [6.45, 7) is 2.20. The molecule has 1 aliphatic rings. The van der Waals surface area contributed by atoms with Crippen LogP contribution in [0.3, 0.4) is 0 Å². The molecule has 1 saturated heterocycles. The van der Waals surface area contributed by atoms with Gasteiger partial charge in [0, 0.05) is 43.2 Å². The lowest BCUT2D eigenvalue weighted by Crippen LogP contribution is -2.37. The van der Waals surface area contributed by atoms with Gasteiger partial charge in [0.15, 0.2) is 5.82 Å². The number of hydrogen-bond donors (Lipinski definition) is 2. The second-order valence-electron chi connectivity index (χ2n) is 6.14. The van der Waals surface area contributed by atoms with Crippen molar-refractivity contribution in [3.63, 3.8) is 0 Å². The zero-order valence-electron chi connectivity index (χ0n) is 15.1. The van der Waals surface area contributed by atoms with Gasteiger partial charge in [-0.3, -0.25) is 14.8 Å². The quantitative estimate of drug-likeness (QED) is 0.803. The SMILES string of the molecule is COc1ncc(Cc2cc(N=C3CCNC(=O)/C3=C(\C)N)ccn2)cc1F. The van der Waals surface area contributed by atoms with Crippen molar-refractivity contribution in [2.24, 2.45) is 10.7 Å². The summed E-state index contributed by atoms with van der Waals surface area (Å²) in [5.41, 5.74) is 9.37. The van der Waals surface area contributed by atoms with E-state index >= 15 is 0 Å². The fraction of sp³-hybridized carbons (Fsp3) is 0.263. The maximum atomic E-state index is 13.8. The Morgan fingerprint density at radius 2 is 2.22 bits per heavy atom. The average molecular weight is 369 g/mol. The van der Waals surface area contributed by atoms with E-state index in [0.717, 1.165) is 0 Å². The Labute approximate surface area is 156 Å². The Hall–Kier alpha value is -3.29. The molecule has 1 fully saturated rings. The number of hydrogen-bond acceptors (Lipinski definition) is 6. The highest BCUT2D eigenvalue weighted by molar-refractivity contribution is 6.24. The lowest BCUT2D eigenvalue weighted by Gasteiger charge is -2.18. The van der Waals surface area contributed by atoms with Gasteiger partial charge in [-0.1, -0.05) is 0 Å². The standard InChI is InChI=1S/C19H20FN5O2/c1-11(21)17-16(4-6-23-18(17)26)25-13-3-5-22-14(9-13)7-12-8-15(20)19(27-2)24-10-12/h3,5,8-10H,4,6-7,21H2,1-2H3,(H,23,26)/b17-11+,25-16?. The molecule has 0 atom stereocenters. The number of halogens is 1. The molecule has 0 aromatic carbocycles. The summed E-state index contributed by atoms with van der Waals surface area (Å²) in [5.74, 6) is -0.777. The van der Waals surface area contributed by atoms with Gasteiger partial charge in [0.25, 0.3) is 5.91 Å². The van der Waals surface area contributed by atoms with Crippen molar-refractivity contribution in [3.05, 3.63) is 58.9 Å². The maximum absolute atomic E-state index is 13.8. The number of carbonyl (C=O) groups excluding carboxylic acids is 1. The molecule has 2 aromatic rings. The van der Waals surface area contributed by atoms with Gasteiger partial charge >= 0.3 is 0 Å². The van der Waals surface area contributed by atoms with Crippen molar-refractivity contribution in [2.75, 3.05) is 13.7 Å². The molecule has 140 valence electrons. The number of pyridine rings is 2. The van der Waals surface area contributed by atoms with E-state index in [1.165, 1.54) is 13.2 Å². The average Bonchev–Trinajstić information content (AvgIpc) is 2.62. The second-order valence-corrected chi connectivity index (χ2v) is 6.14. The van der Waals surface area contributed by atoms with E-state index in [4.69, 9.17) is 10.5 Å². The van der Waals surface area contributed by atoms with Crippen LogP contribution < -0.4 is 15.8 Å². The maximum Gasteiger partial charge on any atom is 0.254 e. The zero-order chi connectivity index (χ0) is 19.4. The Bertz CT molecular complexity index is 935. The molecule has 0 unspecified atom stereocenters. The van der Waals surface area contributed by atoms with Gasteiger partial charge in [-0.05, 0) is 30.7 Å². The number of ether oxygens (including phenoxy) is 1. The Morgan fingerprint density at radius 3 is 2.93 bits per heavy atom. The van der Waals surface area contributed by atoms with E-state index in [1.807, 2.05) is 0 Å². The number of piperidine rings is 1. The smallest absolute Gasteiger partial charge is 0.254 e. The van der Waals surface area contributed by atoms with Gasteiger partial charge in [0.1, 0.15) is 0 Å². The predicted octanol–water partition coefficient (Wildman–Crippen LogP) is 2.04. The number of nitrogens with one attached hydrogen (secondary N) is 1. The molecule has 2 aromatic heterocycles. The molecule has 7 nitrogen and oxygen atoms in total. The first kappa shape index (κ1) is 18.5. The van der Waals surface area contributed by atoms with Crippen LogP contribution in [0.1, 0.15) is 24.6 Å². The molecule has 0 bridgehead atoms. The van der Waals surface area contributed by atoms with Crippen LogP contribution in [0.15, 0.2) is 46.9 Å².